The molecule has 2 heterocycles. The Morgan fingerprint density at radius 1 is 1.50 bits per heavy atom. The molecule has 0 amide bonds. The minimum atomic E-state index is 0.684. The first-order valence-corrected chi connectivity index (χ1v) is 6.65. The van der Waals surface area contributed by atoms with Gasteiger partial charge < -0.3 is 10.2 Å². The molecule has 1 fully saturated rings. The highest BCUT2D eigenvalue weighted by Crippen LogP contribution is 2.18. The number of nitrogens with one attached hydrogen (secondary N) is 1. The first-order chi connectivity index (χ1) is 8.83. The van der Waals surface area contributed by atoms with Crippen molar-refractivity contribution < 1.29 is 0 Å². The van der Waals surface area contributed by atoms with Crippen LogP contribution in [0.3, 0.4) is 0 Å². The predicted octanol–water partition coefficient (Wildman–Crippen LogP) is 1.78. The smallest absolute Gasteiger partial charge is 0.129 e. The van der Waals surface area contributed by atoms with E-state index in [0.29, 0.717) is 5.56 Å². The molecule has 0 aromatic carbocycles. The molecule has 0 atom stereocenters. The van der Waals surface area contributed by atoms with Gasteiger partial charge in [-0.25, -0.2) is 4.98 Å². The summed E-state index contributed by atoms with van der Waals surface area (Å²) in [5.74, 6) is 1.66. The van der Waals surface area contributed by atoms with Crippen LogP contribution in [0.2, 0.25) is 0 Å². The van der Waals surface area contributed by atoms with Crippen LogP contribution < -0.4 is 10.2 Å². The molecule has 0 radical (unpaired) electrons. The standard InChI is InChI=1S/C14H20N4/c1-2-18(11-12-3-6-16-7-4-12)14-9-13(10-15)5-8-17-14/h5,8-9,12,16H,2-4,6-7,11H2,1H3. The highest BCUT2D eigenvalue weighted by molar-refractivity contribution is 5.44. The molecule has 4 heteroatoms. The maximum absolute atomic E-state index is 8.93. The van der Waals surface area contributed by atoms with E-state index in [1.807, 2.05) is 6.07 Å². The summed E-state index contributed by atoms with van der Waals surface area (Å²) >= 11 is 0. The van der Waals surface area contributed by atoms with Crippen LogP contribution in [-0.4, -0.2) is 31.2 Å². The molecule has 1 aromatic heterocycles. The molecule has 1 N–H and O–H groups in total. The van der Waals surface area contributed by atoms with E-state index in [4.69, 9.17) is 5.26 Å². The molecule has 96 valence electrons. The van der Waals surface area contributed by atoms with Gasteiger partial charge in [-0.1, -0.05) is 0 Å². The minimum absolute atomic E-state index is 0.684. The fourth-order valence-corrected chi connectivity index (χ4v) is 2.42. The zero-order chi connectivity index (χ0) is 12.8. The van der Waals surface area contributed by atoms with E-state index in [1.165, 1.54) is 12.8 Å². The SMILES string of the molecule is CCN(CC1CCNCC1)c1cc(C#N)ccn1. The van der Waals surface area contributed by atoms with Crippen molar-refractivity contribution >= 4 is 5.82 Å². The van der Waals surface area contributed by atoms with Gasteiger partial charge in [0.2, 0.25) is 0 Å². The van der Waals surface area contributed by atoms with E-state index >= 15 is 0 Å². The van der Waals surface area contributed by atoms with Crippen LogP contribution in [0.5, 0.6) is 0 Å². The second-order valence-electron chi connectivity index (χ2n) is 4.75. The fraction of sp³-hybridized carbons (Fsp3) is 0.571. The van der Waals surface area contributed by atoms with Crippen molar-refractivity contribution in [1.82, 2.24) is 10.3 Å². The molecule has 0 spiro atoms. The van der Waals surface area contributed by atoms with Crippen molar-refractivity contribution in [2.24, 2.45) is 5.92 Å². The Morgan fingerprint density at radius 3 is 2.94 bits per heavy atom. The number of rotatable bonds is 4. The Morgan fingerprint density at radius 2 is 2.28 bits per heavy atom. The Labute approximate surface area is 109 Å². The highest BCUT2D eigenvalue weighted by Gasteiger charge is 2.17. The van der Waals surface area contributed by atoms with E-state index in [-0.39, 0.29) is 0 Å². The van der Waals surface area contributed by atoms with Crippen LogP contribution in [0.4, 0.5) is 5.82 Å². The molecule has 0 bridgehead atoms. The van der Waals surface area contributed by atoms with Crippen LogP contribution in [-0.2, 0) is 0 Å². The van der Waals surface area contributed by atoms with Gasteiger partial charge in [0.15, 0.2) is 0 Å². The van der Waals surface area contributed by atoms with Crippen molar-refractivity contribution in [2.75, 3.05) is 31.1 Å². The minimum Gasteiger partial charge on any atom is -0.357 e. The summed E-state index contributed by atoms with van der Waals surface area (Å²) in [5, 5.41) is 12.3. The molecule has 0 saturated carbocycles. The van der Waals surface area contributed by atoms with Gasteiger partial charge in [0.25, 0.3) is 0 Å². The van der Waals surface area contributed by atoms with Gasteiger partial charge in [-0.15, -0.1) is 0 Å². The van der Waals surface area contributed by atoms with E-state index in [2.05, 4.69) is 28.2 Å². The van der Waals surface area contributed by atoms with Crippen molar-refractivity contribution in [1.29, 1.82) is 5.26 Å². The normalized spacial score (nSPS) is 16.2. The molecular weight excluding hydrogens is 224 g/mol. The third-order valence-corrected chi connectivity index (χ3v) is 3.52. The van der Waals surface area contributed by atoms with Crippen LogP contribution in [0.1, 0.15) is 25.3 Å². The number of nitrogens with zero attached hydrogens (tertiary/aromatic N) is 3. The summed E-state index contributed by atoms with van der Waals surface area (Å²) in [6.07, 6.45) is 4.18. The first-order valence-electron chi connectivity index (χ1n) is 6.65. The van der Waals surface area contributed by atoms with Crippen LogP contribution in [0.25, 0.3) is 0 Å². The number of anilines is 1. The first kappa shape index (κ1) is 12.8. The Hall–Kier alpha value is -1.60. The largest absolute Gasteiger partial charge is 0.357 e. The molecule has 1 aliphatic heterocycles. The third kappa shape index (κ3) is 3.21. The maximum Gasteiger partial charge on any atom is 0.129 e. The van der Waals surface area contributed by atoms with Crippen LogP contribution in [0, 0.1) is 17.2 Å². The molecule has 2 rings (SSSR count). The number of hydrogen-bond donors (Lipinski definition) is 1. The van der Waals surface area contributed by atoms with Crippen LogP contribution in [0.15, 0.2) is 18.3 Å². The van der Waals surface area contributed by atoms with Gasteiger partial charge >= 0.3 is 0 Å². The summed E-state index contributed by atoms with van der Waals surface area (Å²) < 4.78 is 0. The van der Waals surface area contributed by atoms with E-state index in [9.17, 15) is 0 Å². The number of piperidine rings is 1. The van der Waals surface area contributed by atoms with Crippen molar-refractivity contribution in [3.8, 4) is 6.07 Å². The van der Waals surface area contributed by atoms with Gasteiger partial charge in [0.05, 0.1) is 11.6 Å². The molecule has 0 unspecified atom stereocenters. The van der Waals surface area contributed by atoms with Gasteiger partial charge in [-0.2, -0.15) is 5.26 Å². The van der Waals surface area contributed by atoms with E-state index in [1.54, 1.807) is 12.3 Å². The summed E-state index contributed by atoms with van der Waals surface area (Å²) in [6, 6.07) is 5.80. The second kappa shape index (κ2) is 6.36. The maximum atomic E-state index is 8.93. The van der Waals surface area contributed by atoms with Crippen molar-refractivity contribution in [3.05, 3.63) is 23.9 Å². The summed E-state index contributed by atoms with van der Waals surface area (Å²) in [5.41, 5.74) is 0.684. The lowest BCUT2D eigenvalue weighted by Gasteiger charge is -2.30. The Kier molecular flexibility index (Phi) is 4.54. The molecule has 4 nitrogen and oxygen atoms in total. The zero-order valence-electron chi connectivity index (χ0n) is 10.9. The van der Waals surface area contributed by atoms with E-state index < -0.39 is 0 Å². The van der Waals surface area contributed by atoms with Gasteiger partial charge in [0, 0.05) is 19.3 Å². The second-order valence-corrected chi connectivity index (χ2v) is 4.75. The summed E-state index contributed by atoms with van der Waals surface area (Å²) in [4.78, 5) is 6.66. The number of nitriles is 1. The molecular formula is C14H20N4. The average Bonchev–Trinajstić information content (AvgIpc) is 2.46. The van der Waals surface area contributed by atoms with Gasteiger partial charge in [0.1, 0.15) is 5.82 Å². The van der Waals surface area contributed by atoms with Crippen molar-refractivity contribution in [2.45, 2.75) is 19.8 Å². The van der Waals surface area contributed by atoms with Crippen LogP contribution >= 0.6 is 0 Å². The van der Waals surface area contributed by atoms with Gasteiger partial charge in [-0.05, 0) is 50.9 Å². The molecule has 0 aliphatic carbocycles. The molecule has 18 heavy (non-hydrogen) atoms. The number of aromatic nitrogens is 1. The predicted molar refractivity (Wildman–Crippen MR) is 72.4 cm³/mol. The molecule has 1 saturated heterocycles. The fourth-order valence-electron chi connectivity index (χ4n) is 2.42. The average molecular weight is 244 g/mol. The topological polar surface area (TPSA) is 52.0 Å². The lowest BCUT2D eigenvalue weighted by atomic mass is 9.97. The zero-order valence-corrected chi connectivity index (χ0v) is 10.9. The quantitative estimate of drug-likeness (QED) is 0.877. The third-order valence-electron chi connectivity index (χ3n) is 3.52. The Balaban J connectivity index is 2.05. The molecule has 1 aromatic rings. The summed E-state index contributed by atoms with van der Waals surface area (Å²) in [6.45, 7) is 6.36. The van der Waals surface area contributed by atoms with Crippen molar-refractivity contribution in [3.63, 3.8) is 0 Å². The number of pyridine rings is 1. The van der Waals surface area contributed by atoms with Gasteiger partial charge in [-0.3, -0.25) is 0 Å². The monoisotopic (exact) mass is 244 g/mol. The lowest BCUT2D eigenvalue weighted by molar-refractivity contribution is 0.374. The lowest BCUT2D eigenvalue weighted by Crippen LogP contribution is -2.36. The Bertz CT molecular complexity index is 418. The van der Waals surface area contributed by atoms with E-state index in [0.717, 1.165) is 37.9 Å². The highest BCUT2D eigenvalue weighted by atomic mass is 15.2. The summed E-state index contributed by atoms with van der Waals surface area (Å²) in [7, 11) is 0. The number of hydrogen-bond acceptors (Lipinski definition) is 4. The molecule has 1 aliphatic rings.